The highest BCUT2D eigenvalue weighted by atomic mass is 15.2. The fourth-order valence-corrected chi connectivity index (χ4v) is 30.7. The monoisotopic (exact) mass is 719 g/mol. The van der Waals surface area contributed by atoms with E-state index < -0.39 is 0 Å². The Morgan fingerprint density at radius 2 is 1.02 bits per heavy atom. The van der Waals surface area contributed by atoms with Crippen molar-refractivity contribution in [2.24, 2.45) is 136 Å². The minimum atomic E-state index is 0.558. The average molecular weight is 719 g/mol. The Kier molecular flexibility index (Phi) is 5.72. The average Bonchev–Trinajstić information content (AvgIpc) is 3.72. The Labute approximate surface area is 327 Å². The zero-order valence-corrected chi connectivity index (χ0v) is 36.7. The van der Waals surface area contributed by atoms with E-state index in [0.717, 1.165) is 87.3 Å². The molecule has 13 saturated carbocycles. The maximum absolute atomic E-state index is 2.91. The first-order valence-electron chi connectivity index (χ1n) is 25.6. The van der Waals surface area contributed by atoms with Gasteiger partial charge in [-0.3, -0.25) is 0 Å². The van der Waals surface area contributed by atoms with Crippen molar-refractivity contribution >= 4 is 0 Å². The lowest BCUT2D eigenvalue weighted by Gasteiger charge is -3.15. The normalized spacial score (nSPS) is 72.6. The van der Waals surface area contributed by atoms with Gasteiger partial charge in [-0.15, -0.1) is 0 Å². The first-order chi connectivity index (χ1) is 25.6. The Bertz CT molecular complexity index is 1710. The third kappa shape index (κ3) is 2.05. The van der Waals surface area contributed by atoms with Crippen molar-refractivity contribution in [1.29, 1.82) is 0 Å². The van der Waals surface area contributed by atoms with Crippen LogP contribution in [0.5, 0.6) is 0 Å². The molecule has 13 aliphatic rings. The molecular weight excluding hydrogens is 637 g/mol. The van der Waals surface area contributed by atoms with E-state index in [-0.39, 0.29) is 0 Å². The lowest BCUT2D eigenvalue weighted by atomic mass is 8.89. The molecule has 0 amide bonds. The number of rotatable bonds is 12. The molecule has 0 aromatic carbocycles. The standard InChI is InChI=1S/C53H82/c1-12-22-32-26-33-29-44(13-2,45(32,33)14-3)46(15-4)30(11)37-39-41-42-40-38-36-27-35-34-25-31-23-24-43(34,28-31)53(35,36)52(38,21-10)51(40,20-9)50(42,19-8)49(41,18-7)48(39,17-6)47(37,46)16-5/h30-42H,12-29H2,1-11H3. The summed E-state index contributed by atoms with van der Waals surface area (Å²) in [5.74, 6) is 14.2. The Hall–Kier alpha value is 0. The molecule has 53 heavy (non-hydrogen) atoms. The van der Waals surface area contributed by atoms with E-state index in [9.17, 15) is 0 Å². The van der Waals surface area contributed by atoms with E-state index in [0.29, 0.717) is 43.3 Å². The summed E-state index contributed by atoms with van der Waals surface area (Å²) in [6, 6.07) is 0. The molecule has 0 heterocycles. The molecule has 13 aliphatic carbocycles. The van der Waals surface area contributed by atoms with Gasteiger partial charge in [0.15, 0.2) is 0 Å². The van der Waals surface area contributed by atoms with Crippen molar-refractivity contribution in [1.82, 2.24) is 0 Å². The van der Waals surface area contributed by atoms with E-state index >= 15 is 0 Å². The summed E-state index contributed by atoms with van der Waals surface area (Å²) in [5.41, 5.74) is 7.28. The predicted octanol–water partition coefficient (Wildman–Crippen LogP) is 14.3. The van der Waals surface area contributed by atoms with Crippen LogP contribution in [0.3, 0.4) is 0 Å². The lowest BCUT2D eigenvalue weighted by Crippen LogP contribution is -3.11. The quantitative estimate of drug-likeness (QED) is 0.176. The fraction of sp³-hybridized carbons (Fsp3) is 1.00. The molecule has 2 bridgehead atoms. The smallest absolute Gasteiger partial charge is 0.0111 e. The largest absolute Gasteiger partial charge is 0.0654 e. The van der Waals surface area contributed by atoms with Gasteiger partial charge in [-0.2, -0.15) is 0 Å². The Morgan fingerprint density at radius 3 is 1.53 bits per heavy atom. The second kappa shape index (κ2) is 8.94. The third-order valence-electron chi connectivity index (χ3n) is 28.6. The second-order valence-corrected chi connectivity index (χ2v) is 24.6. The molecule has 294 valence electrons. The first-order valence-corrected chi connectivity index (χ1v) is 25.6. The Morgan fingerprint density at radius 1 is 0.472 bits per heavy atom. The highest BCUT2D eigenvalue weighted by Crippen LogP contribution is 3.17. The van der Waals surface area contributed by atoms with Gasteiger partial charge in [-0.1, -0.05) is 89.0 Å². The molecule has 0 nitrogen and oxygen atoms in total. The van der Waals surface area contributed by atoms with Gasteiger partial charge >= 0.3 is 0 Å². The Balaban J connectivity index is 0.994. The van der Waals surface area contributed by atoms with Gasteiger partial charge in [0.1, 0.15) is 0 Å². The molecule has 0 aliphatic heterocycles. The molecule has 0 aromatic heterocycles. The number of fused-ring (bicyclic) bond motifs is 20. The maximum Gasteiger partial charge on any atom is -0.0111 e. The molecule has 24 atom stereocenters. The number of hydrogen-bond donors (Lipinski definition) is 0. The van der Waals surface area contributed by atoms with E-state index in [4.69, 9.17) is 0 Å². The summed E-state index contributed by atoms with van der Waals surface area (Å²) < 4.78 is 0. The van der Waals surface area contributed by atoms with Crippen LogP contribution in [0.2, 0.25) is 0 Å². The molecule has 24 unspecified atom stereocenters. The van der Waals surface area contributed by atoms with Crippen LogP contribution in [0, 0.1) is 136 Å². The van der Waals surface area contributed by atoms with E-state index in [2.05, 4.69) is 76.2 Å². The minimum Gasteiger partial charge on any atom is -0.0654 e. The van der Waals surface area contributed by atoms with Crippen LogP contribution in [0.25, 0.3) is 0 Å². The van der Waals surface area contributed by atoms with E-state index in [1.54, 1.807) is 57.8 Å². The van der Waals surface area contributed by atoms with Crippen molar-refractivity contribution in [3.63, 3.8) is 0 Å². The van der Waals surface area contributed by atoms with Crippen molar-refractivity contribution in [2.45, 2.75) is 192 Å². The molecule has 0 heteroatoms. The van der Waals surface area contributed by atoms with E-state index in [1.807, 2.05) is 0 Å². The van der Waals surface area contributed by atoms with Crippen LogP contribution in [-0.2, 0) is 0 Å². The van der Waals surface area contributed by atoms with Crippen molar-refractivity contribution < 1.29 is 0 Å². The van der Waals surface area contributed by atoms with Gasteiger partial charge in [0.2, 0.25) is 0 Å². The molecule has 0 radical (unpaired) electrons. The van der Waals surface area contributed by atoms with Crippen LogP contribution in [0.1, 0.15) is 192 Å². The summed E-state index contributed by atoms with van der Waals surface area (Å²) in [6.45, 7) is 30.5. The SMILES string of the molecule is CCCC1CC2CC(CC)(C3(CC)C(C)C4C5C6C7C8C9C%10CC%11C%12CC%13CCC%12(C%13)C%11%10C9(CC)C8(CC)C7(CC)C6(CC)C5(CC)C43CC)C12CC. The van der Waals surface area contributed by atoms with Gasteiger partial charge < -0.3 is 0 Å². The molecule has 13 fully saturated rings. The van der Waals surface area contributed by atoms with Gasteiger partial charge in [-0.05, 0) is 239 Å². The minimum absolute atomic E-state index is 0.558. The maximum atomic E-state index is 2.91. The van der Waals surface area contributed by atoms with Crippen LogP contribution in [0.4, 0.5) is 0 Å². The topological polar surface area (TPSA) is 0 Å². The van der Waals surface area contributed by atoms with Crippen LogP contribution in [0.15, 0.2) is 0 Å². The van der Waals surface area contributed by atoms with Crippen LogP contribution >= 0.6 is 0 Å². The molecule has 0 aromatic rings. The second-order valence-electron chi connectivity index (χ2n) is 24.6. The molecule has 2 spiro atoms. The summed E-state index contributed by atoms with van der Waals surface area (Å²) in [7, 11) is 0. The fourth-order valence-electron chi connectivity index (χ4n) is 30.7. The molecular formula is C53H82. The molecule has 13 rings (SSSR count). The summed E-state index contributed by atoms with van der Waals surface area (Å²) >= 11 is 0. The highest BCUT2D eigenvalue weighted by molar-refractivity contribution is 5.60. The summed E-state index contributed by atoms with van der Waals surface area (Å²) in [5, 5.41) is 0. The summed E-state index contributed by atoms with van der Waals surface area (Å²) in [6.07, 6.45) is 28.1. The van der Waals surface area contributed by atoms with Crippen molar-refractivity contribution in [2.75, 3.05) is 0 Å². The van der Waals surface area contributed by atoms with E-state index in [1.165, 1.54) is 63.7 Å². The van der Waals surface area contributed by atoms with Crippen molar-refractivity contribution in [3.05, 3.63) is 0 Å². The van der Waals surface area contributed by atoms with Gasteiger partial charge in [0, 0.05) is 0 Å². The zero-order chi connectivity index (χ0) is 36.7. The van der Waals surface area contributed by atoms with Gasteiger partial charge in [-0.25, -0.2) is 0 Å². The highest BCUT2D eigenvalue weighted by Gasteiger charge is 3.13. The van der Waals surface area contributed by atoms with Gasteiger partial charge in [0.25, 0.3) is 0 Å². The summed E-state index contributed by atoms with van der Waals surface area (Å²) in [4.78, 5) is 0. The van der Waals surface area contributed by atoms with Crippen molar-refractivity contribution in [3.8, 4) is 0 Å². The third-order valence-corrected chi connectivity index (χ3v) is 28.6. The predicted molar refractivity (Wildman–Crippen MR) is 218 cm³/mol. The van der Waals surface area contributed by atoms with Gasteiger partial charge in [0.05, 0.1) is 0 Å². The lowest BCUT2D eigenvalue weighted by molar-refractivity contribution is -0.685. The number of hydrogen-bond acceptors (Lipinski definition) is 0. The molecule has 0 N–H and O–H groups in total. The zero-order valence-electron chi connectivity index (χ0n) is 36.7. The van der Waals surface area contributed by atoms with Crippen LogP contribution < -0.4 is 0 Å². The van der Waals surface area contributed by atoms with Crippen LogP contribution in [-0.4, -0.2) is 0 Å². The molecule has 0 saturated heterocycles. The first kappa shape index (κ1) is 33.9.